The molecule has 0 unspecified atom stereocenters. The number of alkyl halides is 6. The van der Waals surface area contributed by atoms with Gasteiger partial charge in [0.25, 0.3) is 0 Å². The summed E-state index contributed by atoms with van der Waals surface area (Å²) in [6.45, 7) is 5.17. The number of benzene rings is 1. The minimum Gasteiger partial charge on any atom is -0.475 e. The van der Waals surface area contributed by atoms with E-state index in [1.165, 1.54) is 12.1 Å². The molecule has 0 bridgehead atoms. The highest BCUT2D eigenvalue weighted by Gasteiger charge is 2.38. The van der Waals surface area contributed by atoms with Gasteiger partial charge in [-0.1, -0.05) is 18.2 Å². The quantitative estimate of drug-likeness (QED) is 0.596. The average Bonchev–Trinajstić information content (AvgIpc) is 2.64. The molecule has 2 N–H and O–H groups in total. The number of hydrogen-bond acceptors (Lipinski definition) is 4. The Morgan fingerprint density at radius 3 is 1.88 bits per heavy atom. The van der Waals surface area contributed by atoms with Crippen LogP contribution >= 0.6 is 0 Å². The maximum Gasteiger partial charge on any atom is 0.490 e. The maximum atomic E-state index is 12.7. The molecule has 1 amide bonds. The smallest absolute Gasteiger partial charge is 0.475 e. The van der Waals surface area contributed by atoms with E-state index in [0.717, 1.165) is 12.1 Å². The Morgan fingerprint density at radius 2 is 1.50 bits per heavy atom. The van der Waals surface area contributed by atoms with Gasteiger partial charge in [0.05, 0.1) is 17.3 Å². The third kappa shape index (κ3) is 9.23. The second-order valence-corrected chi connectivity index (χ2v) is 7.26. The summed E-state index contributed by atoms with van der Waals surface area (Å²) in [4.78, 5) is 25.2. The molecule has 12 heteroatoms. The second-order valence-electron chi connectivity index (χ2n) is 7.26. The number of carboxylic acids is 1. The van der Waals surface area contributed by atoms with Crippen molar-refractivity contribution in [1.82, 2.24) is 10.3 Å². The molecule has 0 radical (unpaired) electrons. The molecule has 1 heterocycles. The molecular formula is C20H20F6N2O4. The van der Waals surface area contributed by atoms with Crippen LogP contribution in [-0.2, 0) is 15.7 Å². The highest BCUT2D eigenvalue weighted by Crippen LogP contribution is 2.31. The zero-order valence-corrected chi connectivity index (χ0v) is 17.1. The summed E-state index contributed by atoms with van der Waals surface area (Å²) in [6, 6.07) is 8.98. The normalized spacial score (nSPS) is 12.8. The summed E-state index contributed by atoms with van der Waals surface area (Å²) >= 11 is 0. The number of carbonyl (C=O) groups excluding carboxylic acids is 1. The maximum absolute atomic E-state index is 12.7. The fraction of sp³-hybridized carbons (Fsp3) is 0.350. The molecule has 0 saturated carbocycles. The Bertz CT molecular complexity index is 892. The Kier molecular flexibility index (Phi) is 8.63. The second kappa shape index (κ2) is 10.3. The largest absolute Gasteiger partial charge is 0.490 e. The van der Waals surface area contributed by atoms with E-state index in [1.54, 1.807) is 45.2 Å². The lowest BCUT2D eigenvalue weighted by Crippen LogP contribution is -2.35. The summed E-state index contributed by atoms with van der Waals surface area (Å²) in [5.41, 5.74) is -0.488. The zero-order valence-electron chi connectivity index (χ0n) is 17.1. The van der Waals surface area contributed by atoms with E-state index in [0.29, 0.717) is 11.3 Å². The van der Waals surface area contributed by atoms with Crippen LogP contribution in [-0.4, -0.2) is 33.9 Å². The molecule has 6 nitrogen and oxygen atoms in total. The van der Waals surface area contributed by atoms with Crippen LogP contribution in [0.15, 0.2) is 48.7 Å². The summed E-state index contributed by atoms with van der Waals surface area (Å²) in [5.74, 6) is -2.76. The number of carbonyl (C=O) groups is 2. The summed E-state index contributed by atoms with van der Waals surface area (Å²) in [6.07, 6.45) is -8.64. The van der Waals surface area contributed by atoms with Gasteiger partial charge in [0.1, 0.15) is 5.60 Å². The van der Waals surface area contributed by atoms with Gasteiger partial charge in [-0.3, -0.25) is 4.98 Å². The van der Waals surface area contributed by atoms with Crippen molar-refractivity contribution in [2.24, 2.45) is 0 Å². The number of halogens is 6. The van der Waals surface area contributed by atoms with Crippen molar-refractivity contribution < 1.29 is 45.8 Å². The molecule has 176 valence electrons. The minimum atomic E-state index is -5.08. The van der Waals surface area contributed by atoms with Crippen LogP contribution in [0, 0.1) is 0 Å². The highest BCUT2D eigenvalue weighted by atomic mass is 19.4. The van der Waals surface area contributed by atoms with Crippen LogP contribution in [0.25, 0.3) is 0 Å². The van der Waals surface area contributed by atoms with Crippen molar-refractivity contribution in [3.05, 3.63) is 65.5 Å². The number of rotatable bonds is 3. The van der Waals surface area contributed by atoms with Gasteiger partial charge in [0.15, 0.2) is 0 Å². The van der Waals surface area contributed by atoms with E-state index in [-0.39, 0.29) is 0 Å². The van der Waals surface area contributed by atoms with Gasteiger partial charge in [-0.05, 0) is 50.6 Å². The van der Waals surface area contributed by atoms with Crippen LogP contribution in [0.5, 0.6) is 0 Å². The summed E-state index contributed by atoms with van der Waals surface area (Å²) < 4.78 is 75.2. The van der Waals surface area contributed by atoms with Gasteiger partial charge in [-0.15, -0.1) is 0 Å². The number of carboxylic acid groups (broad SMARTS) is 1. The Labute approximate surface area is 179 Å². The number of alkyl carbamates (subject to hydrolysis) is 1. The van der Waals surface area contributed by atoms with Crippen LogP contribution < -0.4 is 5.32 Å². The molecule has 1 atom stereocenters. The van der Waals surface area contributed by atoms with Crippen molar-refractivity contribution in [3.63, 3.8) is 0 Å². The third-order valence-corrected chi connectivity index (χ3v) is 3.46. The Morgan fingerprint density at radius 1 is 0.969 bits per heavy atom. The van der Waals surface area contributed by atoms with E-state index >= 15 is 0 Å². The average molecular weight is 466 g/mol. The lowest BCUT2D eigenvalue weighted by molar-refractivity contribution is -0.192. The molecule has 0 aliphatic rings. The summed E-state index contributed by atoms with van der Waals surface area (Å²) in [7, 11) is 0. The first kappa shape index (κ1) is 26.7. The minimum absolute atomic E-state index is 0.470. The molecule has 1 aromatic carbocycles. The lowest BCUT2D eigenvalue weighted by atomic mass is 10.0. The van der Waals surface area contributed by atoms with E-state index in [2.05, 4.69) is 10.3 Å². The number of nitrogens with one attached hydrogen (secondary N) is 1. The van der Waals surface area contributed by atoms with Gasteiger partial charge in [-0.25, -0.2) is 9.59 Å². The number of nitrogens with zero attached hydrogens (tertiary/aromatic N) is 1. The van der Waals surface area contributed by atoms with Crippen molar-refractivity contribution in [1.29, 1.82) is 0 Å². The molecule has 0 saturated heterocycles. The Hall–Kier alpha value is -3.31. The molecular weight excluding hydrogens is 446 g/mol. The van der Waals surface area contributed by atoms with Crippen molar-refractivity contribution in [2.45, 2.75) is 44.8 Å². The van der Waals surface area contributed by atoms with Crippen molar-refractivity contribution in [3.8, 4) is 0 Å². The predicted octanol–water partition coefficient (Wildman–Crippen LogP) is 5.35. The first-order valence-electron chi connectivity index (χ1n) is 8.88. The standard InChI is InChI=1S/C18H19F3N2O2.C2HF3O2/c1-17(2,3)25-16(24)23-15(14-6-4-5-11-22-14)12-7-9-13(10-8-12)18(19,20)21;3-2(4,5)1(6)7/h4-11,15H,1-3H3,(H,23,24);(H,6,7)/t15-;/m0./s1. The van der Waals surface area contributed by atoms with Gasteiger partial charge in [0, 0.05) is 6.20 Å². The third-order valence-electron chi connectivity index (χ3n) is 3.46. The molecule has 1 aromatic heterocycles. The number of ether oxygens (including phenoxy) is 1. The first-order valence-corrected chi connectivity index (χ1v) is 8.88. The van der Waals surface area contributed by atoms with Crippen LogP contribution in [0.3, 0.4) is 0 Å². The van der Waals surface area contributed by atoms with Crippen molar-refractivity contribution in [2.75, 3.05) is 0 Å². The van der Waals surface area contributed by atoms with Gasteiger partial charge in [-0.2, -0.15) is 26.3 Å². The van der Waals surface area contributed by atoms with Gasteiger partial charge >= 0.3 is 24.4 Å². The van der Waals surface area contributed by atoms with E-state index in [4.69, 9.17) is 14.6 Å². The number of aromatic nitrogens is 1. The molecule has 0 fully saturated rings. The van der Waals surface area contributed by atoms with Crippen LogP contribution in [0.2, 0.25) is 0 Å². The van der Waals surface area contributed by atoms with E-state index in [1.807, 2.05) is 0 Å². The molecule has 32 heavy (non-hydrogen) atoms. The zero-order chi connectivity index (χ0) is 24.7. The number of amides is 1. The number of aliphatic carboxylic acids is 1. The predicted molar refractivity (Wildman–Crippen MR) is 101 cm³/mol. The fourth-order valence-corrected chi connectivity index (χ4v) is 2.16. The molecule has 0 spiro atoms. The summed E-state index contributed by atoms with van der Waals surface area (Å²) in [5, 5.41) is 9.78. The number of pyridine rings is 1. The van der Waals surface area contributed by atoms with Gasteiger partial charge in [0.2, 0.25) is 0 Å². The molecule has 2 rings (SSSR count). The lowest BCUT2D eigenvalue weighted by Gasteiger charge is -2.24. The molecule has 0 aliphatic heterocycles. The molecule has 0 aliphatic carbocycles. The monoisotopic (exact) mass is 466 g/mol. The topological polar surface area (TPSA) is 88.5 Å². The first-order chi connectivity index (χ1) is 14.5. The number of hydrogen-bond donors (Lipinski definition) is 2. The van der Waals surface area contributed by atoms with Crippen LogP contribution in [0.4, 0.5) is 31.1 Å². The van der Waals surface area contributed by atoms with E-state index in [9.17, 15) is 31.1 Å². The Balaban J connectivity index is 0.000000633. The van der Waals surface area contributed by atoms with Crippen LogP contribution in [0.1, 0.15) is 43.6 Å². The SMILES string of the molecule is CC(C)(C)OC(=O)N[C@@H](c1ccc(C(F)(F)F)cc1)c1ccccn1.O=C(O)C(F)(F)F. The molecule has 2 aromatic rings. The van der Waals surface area contributed by atoms with Gasteiger partial charge < -0.3 is 15.2 Å². The fourth-order valence-electron chi connectivity index (χ4n) is 2.16. The van der Waals surface area contributed by atoms with E-state index < -0.39 is 41.6 Å². The highest BCUT2D eigenvalue weighted by molar-refractivity contribution is 5.73. The van der Waals surface area contributed by atoms with Crippen molar-refractivity contribution >= 4 is 12.1 Å².